The quantitative estimate of drug-likeness (QED) is 0.519. The van der Waals surface area contributed by atoms with Crippen molar-refractivity contribution in [2.24, 2.45) is 0 Å². The molecule has 1 N–H and O–H groups in total. The molecule has 1 aromatic heterocycles. The smallest absolute Gasteiger partial charge is 0.118 e. The SMILES string of the molecule is COc1ccc(-c2cc(NCc3ccccc3)c3ccccc3n2)cc1. The monoisotopic (exact) mass is 340 g/mol. The normalized spacial score (nSPS) is 10.7. The molecule has 128 valence electrons. The Bertz CT molecular complexity index is 1010. The lowest BCUT2D eigenvalue weighted by molar-refractivity contribution is 0.415. The molecule has 0 aliphatic heterocycles. The number of aromatic nitrogens is 1. The van der Waals surface area contributed by atoms with Gasteiger partial charge in [0.2, 0.25) is 0 Å². The van der Waals surface area contributed by atoms with Gasteiger partial charge in [-0.25, -0.2) is 4.98 Å². The van der Waals surface area contributed by atoms with Gasteiger partial charge in [-0.3, -0.25) is 0 Å². The largest absolute Gasteiger partial charge is 0.497 e. The molecule has 26 heavy (non-hydrogen) atoms. The van der Waals surface area contributed by atoms with Crippen molar-refractivity contribution in [1.82, 2.24) is 4.98 Å². The predicted octanol–water partition coefficient (Wildman–Crippen LogP) is 5.52. The third-order valence-corrected chi connectivity index (χ3v) is 4.43. The number of fused-ring (bicyclic) bond motifs is 1. The molecule has 4 aromatic rings. The van der Waals surface area contributed by atoms with E-state index in [-0.39, 0.29) is 0 Å². The fraction of sp³-hybridized carbons (Fsp3) is 0.0870. The number of para-hydroxylation sites is 1. The van der Waals surface area contributed by atoms with Crippen molar-refractivity contribution in [2.75, 3.05) is 12.4 Å². The van der Waals surface area contributed by atoms with Crippen LogP contribution in [0.4, 0.5) is 5.69 Å². The van der Waals surface area contributed by atoms with E-state index in [0.717, 1.165) is 40.1 Å². The Hall–Kier alpha value is -3.33. The van der Waals surface area contributed by atoms with E-state index < -0.39 is 0 Å². The summed E-state index contributed by atoms with van der Waals surface area (Å²) in [5, 5.41) is 4.70. The van der Waals surface area contributed by atoms with E-state index in [0.29, 0.717) is 0 Å². The lowest BCUT2D eigenvalue weighted by atomic mass is 10.1. The fourth-order valence-electron chi connectivity index (χ4n) is 3.02. The number of benzene rings is 3. The van der Waals surface area contributed by atoms with E-state index in [2.05, 4.69) is 47.8 Å². The second-order valence-corrected chi connectivity index (χ2v) is 6.14. The molecule has 3 heteroatoms. The Labute approximate surface area is 153 Å². The number of hydrogen-bond acceptors (Lipinski definition) is 3. The van der Waals surface area contributed by atoms with Gasteiger partial charge in [0.25, 0.3) is 0 Å². The van der Waals surface area contributed by atoms with Gasteiger partial charge in [0.05, 0.1) is 18.3 Å². The first kappa shape index (κ1) is 16.2. The first-order valence-electron chi connectivity index (χ1n) is 8.65. The number of ether oxygens (including phenoxy) is 1. The molecule has 0 saturated carbocycles. The Morgan fingerprint density at radius 3 is 2.35 bits per heavy atom. The van der Waals surface area contributed by atoms with Crippen LogP contribution in [0, 0.1) is 0 Å². The molecule has 4 rings (SSSR count). The van der Waals surface area contributed by atoms with Gasteiger partial charge < -0.3 is 10.1 Å². The maximum Gasteiger partial charge on any atom is 0.118 e. The highest BCUT2D eigenvalue weighted by atomic mass is 16.5. The molecule has 1 heterocycles. The average Bonchev–Trinajstić information content (AvgIpc) is 2.72. The van der Waals surface area contributed by atoms with Crippen LogP contribution in [0.2, 0.25) is 0 Å². The molecule has 0 spiro atoms. The minimum absolute atomic E-state index is 0.775. The topological polar surface area (TPSA) is 34.1 Å². The van der Waals surface area contributed by atoms with E-state index in [1.54, 1.807) is 7.11 Å². The highest BCUT2D eigenvalue weighted by Gasteiger charge is 2.08. The summed E-state index contributed by atoms with van der Waals surface area (Å²) >= 11 is 0. The maximum absolute atomic E-state index is 5.25. The second-order valence-electron chi connectivity index (χ2n) is 6.14. The molecular formula is C23H20N2O. The van der Waals surface area contributed by atoms with Crippen molar-refractivity contribution in [3.8, 4) is 17.0 Å². The first-order valence-corrected chi connectivity index (χ1v) is 8.65. The van der Waals surface area contributed by atoms with Crippen molar-refractivity contribution in [1.29, 1.82) is 0 Å². The van der Waals surface area contributed by atoms with Gasteiger partial charge in [-0.1, -0.05) is 48.5 Å². The van der Waals surface area contributed by atoms with Crippen LogP contribution >= 0.6 is 0 Å². The summed E-state index contributed by atoms with van der Waals surface area (Å²) in [5.41, 5.74) is 5.34. The summed E-state index contributed by atoms with van der Waals surface area (Å²) in [5.74, 6) is 0.844. The number of hydrogen-bond donors (Lipinski definition) is 1. The molecule has 0 bridgehead atoms. The third kappa shape index (κ3) is 3.38. The molecule has 0 atom stereocenters. The van der Waals surface area contributed by atoms with E-state index in [1.165, 1.54) is 5.56 Å². The van der Waals surface area contributed by atoms with Crippen molar-refractivity contribution < 1.29 is 4.74 Å². The van der Waals surface area contributed by atoms with Crippen LogP contribution in [0.15, 0.2) is 84.9 Å². The number of anilines is 1. The van der Waals surface area contributed by atoms with Crippen LogP contribution in [0.1, 0.15) is 5.56 Å². The number of rotatable bonds is 5. The summed E-state index contributed by atoms with van der Waals surface area (Å²) < 4.78 is 5.25. The number of methoxy groups -OCH3 is 1. The molecule has 3 aromatic carbocycles. The molecule has 0 radical (unpaired) electrons. The van der Waals surface area contributed by atoms with Crippen LogP contribution in [0.5, 0.6) is 5.75 Å². The zero-order valence-corrected chi connectivity index (χ0v) is 14.6. The van der Waals surface area contributed by atoms with Crippen LogP contribution in [0.3, 0.4) is 0 Å². The summed E-state index contributed by atoms with van der Waals surface area (Å²) in [7, 11) is 1.68. The van der Waals surface area contributed by atoms with E-state index in [4.69, 9.17) is 9.72 Å². The van der Waals surface area contributed by atoms with E-state index in [1.807, 2.05) is 42.5 Å². The van der Waals surface area contributed by atoms with Gasteiger partial charge >= 0.3 is 0 Å². The lowest BCUT2D eigenvalue weighted by Gasteiger charge is -2.12. The van der Waals surface area contributed by atoms with E-state index in [9.17, 15) is 0 Å². The fourth-order valence-corrected chi connectivity index (χ4v) is 3.02. The van der Waals surface area contributed by atoms with Gasteiger partial charge in [-0.2, -0.15) is 0 Å². The van der Waals surface area contributed by atoms with Gasteiger partial charge in [-0.15, -0.1) is 0 Å². The molecule has 0 fully saturated rings. The summed E-state index contributed by atoms with van der Waals surface area (Å²) in [6, 6.07) is 28.7. The lowest BCUT2D eigenvalue weighted by Crippen LogP contribution is -2.01. The van der Waals surface area contributed by atoms with Crippen LogP contribution in [-0.2, 0) is 6.54 Å². The summed E-state index contributed by atoms with van der Waals surface area (Å²) in [4.78, 5) is 4.84. The van der Waals surface area contributed by atoms with Crippen molar-refractivity contribution in [3.05, 3.63) is 90.5 Å². The Morgan fingerprint density at radius 2 is 1.58 bits per heavy atom. The van der Waals surface area contributed by atoms with Gasteiger partial charge in [0, 0.05) is 23.2 Å². The minimum Gasteiger partial charge on any atom is -0.497 e. The van der Waals surface area contributed by atoms with Crippen molar-refractivity contribution >= 4 is 16.6 Å². The zero-order valence-electron chi connectivity index (χ0n) is 14.6. The van der Waals surface area contributed by atoms with E-state index >= 15 is 0 Å². The Kier molecular flexibility index (Phi) is 4.52. The third-order valence-electron chi connectivity index (χ3n) is 4.43. The minimum atomic E-state index is 0.775. The molecule has 0 aliphatic carbocycles. The van der Waals surface area contributed by atoms with Crippen LogP contribution in [0.25, 0.3) is 22.2 Å². The van der Waals surface area contributed by atoms with Gasteiger partial charge in [0.15, 0.2) is 0 Å². The van der Waals surface area contributed by atoms with Crippen LogP contribution in [-0.4, -0.2) is 12.1 Å². The highest BCUT2D eigenvalue weighted by Crippen LogP contribution is 2.29. The van der Waals surface area contributed by atoms with Crippen molar-refractivity contribution in [2.45, 2.75) is 6.54 Å². The standard InChI is InChI=1S/C23H20N2O/c1-26-19-13-11-18(12-14-19)22-15-23(20-9-5-6-10-21(20)25-22)24-16-17-7-3-2-4-8-17/h2-15H,16H2,1H3,(H,24,25). The van der Waals surface area contributed by atoms with Gasteiger partial charge in [0.1, 0.15) is 5.75 Å². The summed E-state index contributed by atoms with van der Waals surface area (Å²) in [6.45, 7) is 0.775. The van der Waals surface area contributed by atoms with Crippen LogP contribution < -0.4 is 10.1 Å². The maximum atomic E-state index is 5.25. The molecule has 0 amide bonds. The molecule has 0 saturated heterocycles. The van der Waals surface area contributed by atoms with Gasteiger partial charge in [-0.05, 0) is 42.0 Å². The zero-order chi connectivity index (χ0) is 17.8. The molecule has 3 nitrogen and oxygen atoms in total. The Morgan fingerprint density at radius 1 is 0.846 bits per heavy atom. The number of pyridine rings is 1. The first-order chi connectivity index (χ1) is 12.8. The Balaban J connectivity index is 1.72. The molecular weight excluding hydrogens is 320 g/mol. The molecule has 0 unspecified atom stereocenters. The van der Waals surface area contributed by atoms with Crippen molar-refractivity contribution in [3.63, 3.8) is 0 Å². The predicted molar refractivity (Wildman–Crippen MR) is 107 cm³/mol. The molecule has 0 aliphatic rings. The summed E-state index contributed by atoms with van der Waals surface area (Å²) in [6.07, 6.45) is 0. The number of nitrogens with one attached hydrogen (secondary N) is 1. The second kappa shape index (κ2) is 7.28. The average molecular weight is 340 g/mol. The highest BCUT2D eigenvalue weighted by molar-refractivity contribution is 5.93. The number of nitrogens with zero attached hydrogens (tertiary/aromatic N) is 1.